The fraction of sp³-hybridized carbons (Fsp3) is 0.636. The molecule has 3 rings (SSSR count). The summed E-state index contributed by atoms with van der Waals surface area (Å²) in [6.45, 7) is 3.96. The van der Waals surface area contributed by atoms with Crippen LogP contribution in [-0.2, 0) is 11.3 Å². The first-order valence-electron chi connectivity index (χ1n) is 10.4. The van der Waals surface area contributed by atoms with Gasteiger partial charge in [0.2, 0.25) is 5.91 Å². The van der Waals surface area contributed by atoms with Gasteiger partial charge in [-0.25, -0.2) is 4.79 Å². The molecular formula is C22H34N4O2. The number of likely N-dealkylation sites (N-methyl/N-ethyl adjacent to an activating group) is 1. The Morgan fingerprint density at radius 1 is 0.964 bits per heavy atom. The maximum Gasteiger partial charge on any atom is 0.319 e. The van der Waals surface area contributed by atoms with Crippen molar-refractivity contribution in [3.05, 3.63) is 35.9 Å². The van der Waals surface area contributed by atoms with E-state index in [-0.39, 0.29) is 17.9 Å². The minimum Gasteiger partial charge on any atom is -0.341 e. The Morgan fingerprint density at radius 2 is 1.64 bits per heavy atom. The van der Waals surface area contributed by atoms with Gasteiger partial charge >= 0.3 is 6.03 Å². The first-order chi connectivity index (χ1) is 13.5. The van der Waals surface area contributed by atoms with E-state index in [1.807, 2.05) is 11.0 Å². The molecule has 0 saturated carbocycles. The SMILES string of the molecule is CN(C)C(=O)N1CCC(C(=O)N2CCCC(N(C)Cc3ccccc3)C2)CC1. The van der Waals surface area contributed by atoms with E-state index in [4.69, 9.17) is 0 Å². The van der Waals surface area contributed by atoms with Crippen molar-refractivity contribution in [1.29, 1.82) is 0 Å². The quantitative estimate of drug-likeness (QED) is 0.799. The number of benzene rings is 1. The smallest absolute Gasteiger partial charge is 0.319 e. The molecule has 0 bridgehead atoms. The van der Waals surface area contributed by atoms with Crippen LogP contribution in [0.1, 0.15) is 31.2 Å². The molecule has 6 heteroatoms. The van der Waals surface area contributed by atoms with Gasteiger partial charge in [0.05, 0.1) is 0 Å². The Bertz CT molecular complexity index is 656. The van der Waals surface area contributed by atoms with Crippen molar-refractivity contribution in [2.45, 2.75) is 38.3 Å². The third-order valence-electron chi connectivity index (χ3n) is 6.10. The minimum absolute atomic E-state index is 0.0477. The number of carbonyl (C=O) groups excluding carboxylic acids is 2. The Labute approximate surface area is 169 Å². The zero-order valence-electron chi connectivity index (χ0n) is 17.5. The first-order valence-corrected chi connectivity index (χ1v) is 10.4. The molecule has 2 aliphatic heterocycles. The van der Waals surface area contributed by atoms with Crippen LogP contribution in [-0.4, -0.2) is 84.9 Å². The maximum atomic E-state index is 13.1. The molecule has 0 spiro atoms. The molecule has 2 fully saturated rings. The van der Waals surface area contributed by atoms with E-state index in [2.05, 4.69) is 41.1 Å². The maximum absolute atomic E-state index is 13.1. The lowest BCUT2D eigenvalue weighted by Gasteiger charge is -2.40. The van der Waals surface area contributed by atoms with Crippen molar-refractivity contribution in [3.63, 3.8) is 0 Å². The van der Waals surface area contributed by atoms with Crippen LogP contribution >= 0.6 is 0 Å². The molecule has 0 aromatic heterocycles. The summed E-state index contributed by atoms with van der Waals surface area (Å²) in [7, 11) is 5.72. The highest BCUT2D eigenvalue weighted by Crippen LogP contribution is 2.24. The second-order valence-corrected chi connectivity index (χ2v) is 8.42. The van der Waals surface area contributed by atoms with Crippen molar-refractivity contribution >= 4 is 11.9 Å². The number of hydrogen-bond acceptors (Lipinski definition) is 3. The van der Waals surface area contributed by atoms with Gasteiger partial charge in [0, 0.05) is 58.8 Å². The van der Waals surface area contributed by atoms with E-state index in [0.29, 0.717) is 19.1 Å². The summed E-state index contributed by atoms with van der Waals surface area (Å²) in [5, 5.41) is 0. The Morgan fingerprint density at radius 3 is 2.29 bits per heavy atom. The van der Waals surface area contributed by atoms with Crippen molar-refractivity contribution in [2.75, 3.05) is 47.3 Å². The number of rotatable bonds is 4. The van der Waals surface area contributed by atoms with Crippen LogP contribution in [0.25, 0.3) is 0 Å². The predicted octanol–water partition coefficient (Wildman–Crippen LogP) is 2.50. The van der Waals surface area contributed by atoms with Crippen LogP contribution in [0.5, 0.6) is 0 Å². The molecule has 6 nitrogen and oxygen atoms in total. The van der Waals surface area contributed by atoms with E-state index in [0.717, 1.165) is 45.3 Å². The fourth-order valence-electron chi connectivity index (χ4n) is 4.37. The fourth-order valence-corrected chi connectivity index (χ4v) is 4.37. The Kier molecular flexibility index (Phi) is 6.94. The normalized spacial score (nSPS) is 21.1. The lowest BCUT2D eigenvalue weighted by Crippen LogP contribution is -2.52. The summed E-state index contributed by atoms with van der Waals surface area (Å²) in [5.41, 5.74) is 1.31. The third kappa shape index (κ3) is 5.04. The van der Waals surface area contributed by atoms with Gasteiger partial charge in [-0.05, 0) is 38.3 Å². The molecule has 1 aromatic rings. The summed E-state index contributed by atoms with van der Waals surface area (Å²) >= 11 is 0. The molecule has 2 heterocycles. The minimum atomic E-state index is 0.0477. The van der Waals surface area contributed by atoms with Crippen molar-refractivity contribution in [2.24, 2.45) is 5.92 Å². The first kappa shape index (κ1) is 20.6. The van der Waals surface area contributed by atoms with E-state index in [9.17, 15) is 9.59 Å². The molecule has 1 aromatic carbocycles. The van der Waals surface area contributed by atoms with E-state index in [1.165, 1.54) is 5.56 Å². The Balaban J connectivity index is 1.51. The van der Waals surface area contributed by atoms with Gasteiger partial charge in [-0.1, -0.05) is 30.3 Å². The summed E-state index contributed by atoms with van der Waals surface area (Å²) < 4.78 is 0. The molecule has 2 saturated heterocycles. The molecular weight excluding hydrogens is 352 g/mol. The zero-order chi connectivity index (χ0) is 20.1. The van der Waals surface area contributed by atoms with Gasteiger partial charge in [-0.2, -0.15) is 0 Å². The van der Waals surface area contributed by atoms with Crippen LogP contribution in [0.3, 0.4) is 0 Å². The largest absolute Gasteiger partial charge is 0.341 e. The zero-order valence-corrected chi connectivity index (χ0v) is 17.5. The molecule has 2 aliphatic rings. The number of carbonyl (C=O) groups is 2. The molecule has 0 aliphatic carbocycles. The van der Waals surface area contributed by atoms with Gasteiger partial charge < -0.3 is 14.7 Å². The molecule has 154 valence electrons. The van der Waals surface area contributed by atoms with Gasteiger partial charge in [0.1, 0.15) is 0 Å². The third-order valence-corrected chi connectivity index (χ3v) is 6.10. The van der Waals surface area contributed by atoms with Crippen LogP contribution in [0.2, 0.25) is 0 Å². The van der Waals surface area contributed by atoms with Crippen molar-refractivity contribution in [1.82, 2.24) is 19.6 Å². The van der Waals surface area contributed by atoms with Gasteiger partial charge in [0.25, 0.3) is 0 Å². The number of piperidine rings is 2. The highest BCUT2D eigenvalue weighted by molar-refractivity contribution is 5.80. The molecule has 1 atom stereocenters. The lowest BCUT2D eigenvalue weighted by molar-refractivity contribution is -0.139. The average Bonchev–Trinajstić information content (AvgIpc) is 2.73. The van der Waals surface area contributed by atoms with Gasteiger partial charge in [0.15, 0.2) is 0 Å². The number of urea groups is 1. The standard InChI is InChI=1S/C22H34N4O2/c1-23(2)22(28)25-14-11-19(12-15-25)21(27)26-13-7-10-20(17-26)24(3)16-18-8-5-4-6-9-18/h4-6,8-9,19-20H,7,10-17H2,1-3H3. The van der Waals surface area contributed by atoms with E-state index < -0.39 is 0 Å². The monoisotopic (exact) mass is 386 g/mol. The van der Waals surface area contributed by atoms with Gasteiger partial charge in [-0.15, -0.1) is 0 Å². The molecule has 28 heavy (non-hydrogen) atoms. The van der Waals surface area contributed by atoms with Crippen LogP contribution in [0.4, 0.5) is 4.79 Å². The average molecular weight is 387 g/mol. The van der Waals surface area contributed by atoms with Crippen LogP contribution in [0.15, 0.2) is 30.3 Å². The molecule has 0 radical (unpaired) electrons. The Hall–Kier alpha value is -2.08. The van der Waals surface area contributed by atoms with Crippen molar-refractivity contribution < 1.29 is 9.59 Å². The second-order valence-electron chi connectivity index (χ2n) is 8.42. The molecule has 0 N–H and O–H groups in total. The number of likely N-dealkylation sites (tertiary alicyclic amines) is 2. The lowest BCUT2D eigenvalue weighted by atomic mass is 9.93. The van der Waals surface area contributed by atoms with E-state index >= 15 is 0 Å². The van der Waals surface area contributed by atoms with Crippen molar-refractivity contribution in [3.8, 4) is 0 Å². The molecule has 1 unspecified atom stereocenters. The number of amides is 3. The summed E-state index contributed by atoms with van der Waals surface area (Å²) in [6.07, 6.45) is 3.76. The van der Waals surface area contributed by atoms with Crippen LogP contribution < -0.4 is 0 Å². The number of nitrogens with zero attached hydrogens (tertiary/aromatic N) is 4. The molecule has 3 amide bonds. The summed E-state index contributed by atoms with van der Waals surface area (Å²) in [4.78, 5) is 33.1. The summed E-state index contributed by atoms with van der Waals surface area (Å²) in [6, 6.07) is 11.0. The second kappa shape index (κ2) is 9.41. The predicted molar refractivity (Wildman–Crippen MR) is 111 cm³/mol. The van der Waals surface area contributed by atoms with E-state index in [1.54, 1.807) is 19.0 Å². The number of hydrogen-bond donors (Lipinski definition) is 0. The topological polar surface area (TPSA) is 47.1 Å². The van der Waals surface area contributed by atoms with Gasteiger partial charge in [-0.3, -0.25) is 9.69 Å². The summed E-state index contributed by atoms with van der Waals surface area (Å²) in [5.74, 6) is 0.346. The van der Waals surface area contributed by atoms with Crippen LogP contribution in [0, 0.1) is 5.92 Å². The highest BCUT2D eigenvalue weighted by Gasteiger charge is 2.33. The highest BCUT2D eigenvalue weighted by atomic mass is 16.2.